The number of benzene rings is 1. The van der Waals surface area contributed by atoms with E-state index < -0.39 is 35.8 Å². The molecular weight excluding hydrogens is 410 g/mol. The van der Waals surface area contributed by atoms with Crippen LogP contribution in [-0.2, 0) is 20.8 Å². The van der Waals surface area contributed by atoms with E-state index in [1.807, 2.05) is 6.07 Å². The van der Waals surface area contributed by atoms with Gasteiger partial charge in [-0.2, -0.15) is 5.26 Å². The Bertz CT molecular complexity index is 1050. The largest absolute Gasteiger partial charge is 0.481 e. The third kappa shape index (κ3) is 6.38. The molecule has 1 aromatic heterocycles. The number of hydrogen-bond donors (Lipinski definition) is 2. The monoisotopic (exact) mass is 437 g/mol. The molecule has 8 nitrogen and oxygen atoms in total. The van der Waals surface area contributed by atoms with Gasteiger partial charge in [-0.15, -0.1) is 0 Å². The van der Waals surface area contributed by atoms with Gasteiger partial charge in [0.25, 0.3) is 0 Å². The zero-order valence-electron chi connectivity index (χ0n) is 18.6. The maximum atomic E-state index is 12.9. The molecule has 1 heterocycles. The summed E-state index contributed by atoms with van der Waals surface area (Å²) in [5.41, 5.74) is 1.01. The number of ketones is 2. The predicted octanol–water partition coefficient (Wildman–Crippen LogP) is 2.92. The van der Waals surface area contributed by atoms with Crippen LogP contribution in [0.4, 0.5) is 0 Å². The Kier molecular flexibility index (Phi) is 7.71. The first kappa shape index (κ1) is 24.5. The molecule has 1 amide bonds. The number of aliphatic carboxylic acids is 1. The molecule has 168 valence electrons. The number of amides is 1. The molecule has 0 saturated carbocycles. The van der Waals surface area contributed by atoms with Crippen molar-refractivity contribution in [3.05, 3.63) is 59.4 Å². The van der Waals surface area contributed by atoms with Crippen LogP contribution in [0, 0.1) is 16.7 Å². The minimum absolute atomic E-state index is 0.0992. The SMILES string of the molecule is CC(=O)[C@@H](NC(=O)[C@@H](CC(=O)O)n1ccc(C(=O)Cc2ccc(C#N)cc2)c1)C(C)(C)C. The number of carboxylic acids is 1. The number of nitrogens with one attached hydrogen (secondary N) is 1. The van der Waals surface area contributed by atoms with E-state index in [1.165, 1.54) is 30.0 Å². The topological polar surface area (TPSA) is 129 Å². The molecular formula is C24H27N3O5. The number of Topliss-reactive ketones (excluding diaryl/α,β-unsaturated/α-hetero) is 2. The molecule has 32 heavy (non-hydrogen) atoms. The molecule has 1 aromatic carbocycles. The van der Waals surface area contributed by atoms with E-state index in [0.717, 1.165) is 5.56 Å². The van der Waals surface area contributed by atoms with E-state index in [-0.39, 0.29) is 18.0 Å². The zero-order chi connectivity index (χ0) is 24.1. The molecule has 0 fully saturated rings. The highest BCUT2D eigenvalue weighted by atomic mass is 16.4. The summed E-state index contributed by atoms with van der Waals surface area (Å²) in [5.74, 6) is -2.23. The Balaban J connectivity index is 2.22. The molecule has 0 aliphatic carbocycles. The lowest BCUT2D eigenvalue weighted by atomic mass is 9.84. The van der Waals surface area contributed by atoms with Crippen molar-refractivity contribution in [3.63, 3.8) is 0 Å². The van der Waals surface area contributed by atoms with E-state index in [1.54, 1.807) is 45.0 Å². The zero-order valence-corrected chi connectivity index (χ0v) is 18.6. The van der Waals surface area contributed by atoms with Crippen LogP contribution >= 0.6 is 0 Å². The second-order valence-electron chi connectivity index (χ2n) is 8.79. The highest BCUT2D eigenvalue weighted by Crippen LogP contribution is 2.22. The van der Waals surface area contributed by atoms with Crippen molar-refractivity contribution >= 4 is 23.4 Å². The van der Waals surface area contributed by atoms with Crippen molar-refractivity contribution in [1.29, 1.82) is 5.26 Å². The van der Waals surface area contributed by atoms with Crippen LogP contribution in [0.1, 0.15) is 61.6 Å². The van der Waals surface area contributed by atoms with Gasteiger partial charge in [0, 0.05) is 24.4 Å². The Morgan fingerprint density at radius 2 is 1.75 bits per heavy atom. The number of aromatic nitrogens is 1. The lowest BCUT2D eigenvalue weighted by Crippen LogP contribution is -2.50. The lowest BCUT2D eigenvalue weighted by Gasteiger charge is -2.31. The molecule has 2 N–H and O–H groups in total. The average Bonchev–Trinajstić information content (AvgIpc) is 3.19. The Morgan fingerprint density at radius 1 is 1.12 bits per heavy atom. The van der Waals surface area contributed by atoms with Crippen LogP contribution in [0.15, 0.2) is 42.7 Å². The van der Waals surface area contributed by atoms with Gasteiger partial charge in [-0.05, 0) is 36.1 Å². The van der Waals surface area contributed by atoms with Crippen LogP contribution < -0.4 is 5.32 Å². The van der Waals surface area contributed by atoms with Crippen molar-refractivity contribution in [1.82, 2.24) is 9.88 Å². The second kappa shape index (κ2) is 10.1. The molecule has 0 unspecified atom stereocenters. The van der Waals surface area contributed by atoms with Crippen LogP contribution in [0.3, 0.4) is 0 Å². The predicted molar refractivity (Wildman–Crippen MR) is 117 cm³/mol. The third-order valence-corrected chi connectivity index (χ3v) is 5.07. The summed E-state index contributed by atoms with van der Waals surface area (Å²) in [6.45, 7) is 6.79. The van der Waals surface area contributed by atoms with Crippen molar-refractivity contribution in [2.75, 3.05) is 0 Å². The Hall–Kier alpha value is -3.73. The molecule has 2 aromatic rings. The highest BCUT2D eigenvalue weighted by molar-refractivity contribution is 5.97. The summed E-state index contributed by atoms with van der Waals surface area (Å²) >= 11 is 0. The molecule has 0 spiro atoms. The number of nitrogens with zero attached hydrogens (tertiary/aromatic N) is 2. The highest BCUT2D eigenvalue weighted by Gasteiger charge is 2.33. The Labute approximate surface area is 186 Å². The molecule has 0 saturated heterocycles. The number of rotatable bonds is 9. The fourth-order valence-corrected chi connectivity index (χ4v) is 3.42. The summed E-state index contributed by atoms with van der Waals surface area (Å²) in [6.07, 6.45) is 2.53. The smallest absolute Gasteiger partial charge is 0.306 e. The summed E-state index contributed by atoms with van der Waals surface area (Å²) in [4.78, 5) is 49.0. The van der Waals surface area contributed by atoms with Gasteiger partial charge in [-0.25, -0.2) is 0 Å². The normalized spacial score (nSPS) is 13.0. The fourth-order valence-electron chi connectivity index (χ4n) is 3.42. The minimum Gasteiger partial charge on any atom is -0.481 e. The summed E-state index contributed by atoms with van der Waals surface area (Å²) in [6, 6.07) is 8.29. The van der Waals surface area contributed by atoms with Gasteiger partial charge in [-0.3, -0.25) is 19.2 Å². The van der Waals surface area contributed by atoms with Crippen LogP contribution in [0.2, 0.25) is 0 Å². The van der Waals surface area contributed by atoms with Gasteiger partial charge >= 0.3 is 5.97 Å². The van der Waals surface area contributed by atoms with Crippen LogP contribution in [-0.4, -0.2) is 39.2 Å². The maximum Gasteiger partial charge on any atom is 0.306 e. The number of hydrogen-bond acceptors (Lipinski definition) is 5. The van der Waals surface area contributed by atoms with Gasteiger partial charge in [0.1, 0.15) is 6.04 Å². The van der Waals surface area contributed by atoms with E-state index in [0.29, 0.717) is 11.1 Å². The molecule has 0 bridgehead atoms. The Morgan fingerprint density at radius 3 is 2.25 bits per heavy atom. The van der Waals surface area contributed by atoms with Crippen LogP contribution in [0.25, 0.3) is 0 Å². The molecule has 0 aliphatic rings. The maximum absolute atomic E-state index is 12.9. The molecule has 0 radical (unpaired) electrons. The van der Waals surface area contributed by atoms with Crippen LogP contribution in [0.5, 0.6) is 0 Å². The number of carboxylic acid groups (broad SMARTS) is 1. The molecule has 0 aliphatic heterocycles. The molecule has 2 rings (SSSR count). The molecule has 2 atom stereocenters. The summed E-state index contributed by atoms with van der Waals surface area (Å²) < 4.78 is 1.38. The van der Waals surface area contributed by atoms with Gasteiger partial charge in [0.2, 0.25) is 5.91 Å². The number of nitriles is 1. The van der Waals surface area contributed by atoms with Crippen molar-refractivity contribution < 1.29 is 24.3 Å². The van der Waals surface area contributed by atoms with Crippen molar-refractivity contribution in [2.24, 2.45) is 5.41 Å². The van der Waals surface area contributed by atoms with Gasteiger partial charge < -0.3 is 15.0 Å². The average molecular weight is 437 g/mol. The van der Waals surface area contributed by atoms with E-state index in [9.17, 15) is 24.3 Å². The first-order chi connectivity index (χ1) is 14.9. The first-order valence-electron chi connectivity index (χ1n) is 10.1. The molecule has 8 heteroatoms. The number of carbonyl (C=O) groups excluding carboxylic acids is 3. The van der Waals surface area contributed by atoms with Gasteiger partial charge in [0.15, 0.2) is 11.6 Å². The standard InChI is InChI=1S/C24H27N3O5/c1-15(28)22(24(2,3)4)26-23(32)19(12-21(30)31)27-10-9-18(14-27)20(29)11-16-5-7-17(13-25)8-6-16/h5-10,14,19,22H,11-12H2,1-4H3,(H,26,32)(H,30,31)/t19-,22-/m1/s1. The van der Waals surface area contributed by atoms with E-state index in [4.69, 9.17) is 5.26 Å². The summed E-state index contributed by atoms with van der Waals surface area (Å²) in [5, 5.41) is 20.8. The minimum atomic E-state index is -1.18. The lowest BCUT2D eigenvalue weighted by molar-refractivity contribution is -0.141. The van der Waals surface area contributed by atoms with Gasteiger partial charge in [-0.1, -0.05) is 32.9 Å². The van der Waals surface area contributed by atoms with E-state index >= 15 is 0 Å². The quantitative estimate of drug-likeness (QED) is 0.580. The first-order valence-corrected chi connectivity index (χ1v) is 10.1. The van der Waals surface area contributed by atoms with E-state index in [2.05, 4.69) is 5.32 Å². The second-order valence-corrected chi connectivity index (χ2v) is 8.79. The summed E-state index contributed by atoms with van der Waals surface area (Å²) in [7, 11) is 0. The van der Waals surface area contributed by atoms with Crippen molar-refractivity contribution in [3.8, 4) is 6.07 Å². The van der Waals surface area contributed by atoms with Gasteiger partial charge in [0.05, 0.1) is 24.1 Å². The third-order valence-electron chi connectivity index (χ3n) is 5.07. The number of carbonyl (C=O) groups is 4. The fraction of sp³-hybridized carbons (Fsp3) is 0.375. The van der Waals surface area contributed by atoms with Crippen molar-refractivity contribution in [2.45, 2.75) is 52.6 Å².